The van der Waals surface area contributed by atoms with E-state index in [1.54, 1.807) is 6.20 Å². The zero-order valence-electron chi connectivity index (χ0n) is 11.7. The van der Waals surface area contributed by atoms with Gasteiger partial charge >= 0.3 is 0 Å². The Labute approximate surface area is 119 Å². The summed E-state index contributed by atoms with van der Waals surface area (Å²) in [6.45, 7) is 7.02. The van der Waals surface area contributed by atoms with Gasteiger partial charge < -0.3 is 5.73 Å². The van der Waals surface area contributed by atoms with Crippen LogP contribution in [0.4, 0.5) is 0 Å². The summed E-state index contributed by atoms with van der Waals surface area (Å²) in [5.41, 5.74) is 11.0. The van der Waals surface area contributed by atoms with Gasteiger partial charge in [0, 0.05) is 6.54 Å². The van der Waals surface area contributed by atoms with Crippen molar-refractivity contribution < 1.29 is 0 Å². The van der Waals surface area contributed by atoms with E-state index >= 15 is 0 Å². The summed E-state index contributed by atoms with van der Waals surface area (Å²) in [6.07, 6.45) is 2.44. The van der Waals surface area contributed by atoms with Crippen molar-refractivity contribution in [1.29, 1.82) is 0 Å². The lowest BCUT2D eigenvalue weighted by molar-refractivity contribution is 0.568. The molecule has 0 aliphatic heterocycles. The molecular formula is C15H20ClN3. The summed E-state index contributed by atoms with van der Waals surface area (Å²) in [4.78, 5) is 0. The first kappa shape index (κ1) is 14.1. The third-order valence-corrected chi connectivity index (χ3v) is 3.51. The highest BCUT2D eigenvalue weighted by atomic mass is 35.5. The van der Waals surface area contributed by atoms with Crippen LogP contribution in [0.25, 0.3) is 0 Å². The number of hydrogen-bond donors (Lipinski definition) is 1. The van der Waals surface area contributed by atoms with Gasteiger partial charge in [-0.2, -0.15) is 5.10 Å². The standard InChI is InChI=1S/C15H20ClN3/c1-4-19-15(13(16)9-18-19)14(17)8-12-6-10(2)5-11(3)7-12/h5-7,9,14H,4,8,17H2,1-3H3. The first-order valence-electron chi connectivity index (χ1n) is 6.55. The summed E-state index contributed by atoms with van der Waals surface area (Å²) in [7, 11) is 0. The first-order chi connectivity index (χ1) is 9.01. The Balaban J connectivity index is 2.25. The summed E-state index contributed by atoms with van der Waals surface area (Å²) in [5.74, 6) is 0. The third-order valence-electron chi connectivity index (χ3n) is 3.22. The van der Waals surface area contributed by atoms with Crippen LogP contribution in [0.5, 0.6) is 0 Å². The normalized spacial score (nSPS) is 12.7. The number of aryl methyl sites for hydroxylation is 3. The van der Waals surface area contributed by atoms with Crippen molar-refractivity contribution in [2.24, 2.45) is 5.73 Å². The monoisotopic (exact) mass is 277 g/mol. The molecule has 1 unspecified atom stereocenters. The van der Waals surface area contributed by atoms with Gasteiger partial charge in [0.15, 0.2) is 0 Å². The topological polar surface area (TPSA) is 43.8 Å². The van der Waals surface area contributed by atoms with Crippen LogP contribution in [-0.2, 0) is 13.0 Å². The fraction of sp³-hybridized carbons (Fsp3) is 0.400. The van der Waals surface area contributed by atoms with Crippen LogP contribution in [0.3, 0.4) is 0 Å². The van der Waals surface area contributed by atoms with Gasteiger partial charge in [-0.15, -0.1) is 0 Å². The zero-order chi connectivity index (χ0) is 14.0. The van der Waals surface area contributed by atoms with Gasteiger partial charge in [-0.3, -0.25) is 4.68 Å². The molecule has 0 saturated heterocycles. The predicted molar refractivity (Wildman–Crippen MR) is 79.5 cm³/mol. The second-order valence-electron chi connectivity index (χ2n) is 5.00. The summed E-state index contributed by atoms with van der Waals surface area (Å²) >= 11 is 6.18. The van der Waals surface area contributed by atoms with Gasteiger partial charge in [0.25, 0.3) is 0 Å². The highest BCUT2D eigenvalue weighted by Crippen LogP contribution is 2.24. The van der Waals surface area contributed by atoms with E-state index in [1.807, 2.05) is 11.6 Å². The second kappa shape index (κ2) is 5.76. The van der Waals surface area contributed by atoms with E-state index in [-0.39, 0.29) is 6.04 Å². The molecule has 0 aliphatic carbocycles. The van der Waals surface area contributed by atoms with E-state index < -0.39 is 0 Å². The van der Waals surface area contributed by atoms with Gasteiger partial charge in [0.05, 0.1) is 23.0 Å². The van der Waals surface area contributed by atoms with Crippen molar-refractivity contribution in [3.63, 3.8) is 0 Å². The van der Waals surface area contributed by atoms with Crippen molar-refractivity contribution in [3.8, 4) is 0 Å². The molecule has 2 aromatic rings. The molecule has 0 radical (unpaired) electrons. The minimum Gasteiger partial charge on any atom is -0.322 e. The molecule has 0 spiro atoms. The quantitative estimate of drug-likeness (QED) is 0.931. The fourth-order valence-electron chi connectivity index (χ4n) is 2.53. The Kier molecular flexibility index (Phi) is 4.27. The average Bonchev–Trinajstić information content (AvgIpc) is 2.68. The molecule has 1 aromatic carbocycles. The Morgan fingerprint density at radius 2 is 1.89 bits per heavy atom. The summed E-state index contributed by atoms with van der Waals surface area (Å²) < 4.78 is 1.87. The molecule has 0 amide bonds. The molecule has 0 fully saturated rings. The number of halogens is 1. The molecule has 19 heavy (non-hydrogen) atoms. The van der Waals surface area contributed by atoms with E-state index in [9.17, 15) is 0 Å². The first-order valence-corrected chi connectivity index (χ1v) is 6.93. The van der Waals surface area contributed by atoms with Crippen molar-refractivity contribution in [1.82, 2.24) is 9.78 Å². The second-order valence-corrected chi connectivity index (χ2v) is 5.41. The number of nitrogens with zero attached hydrogens (tertiary/aromatic N) is 2. The smallest absolute Gasteiger partial charge is 0.0834 e. The molecule has 1 atom stereocenters. The Morgan fingerprint density at radius 1 is 1.26 bits per heavy atom. The number of nitrogens with two attached hydrogens (primary N) is 1. The van der Waals surface area contributed by atoms with Crippen molar-refractivity contribution in [2.45, 2.75) is 39.8 Å². The van der Waals surface area contributed by atoms with E-state index in [0.29, 0.717) is 5.02 Å². The number of aromatic nitrogens is 2. The minimum atomic E-state index is -0.129. The van der Waals surface area contributed by atoms with Gasteiger partial charge in [-0.25, -0.2) is 0 Å². The average molecular weight is 278 g/mol. The van der Waals surface area contributed by atoms with Crippen LogP contribution in [0, 0.1) is 13.8 Å². The van der Waals surface area contributed by atoms with Crippen LogP contribution in [-0.4, -0.2) is 9.78 Å². The molecule has 2 rings (SSSR count). The lowest BCUT2D eigenvalue weighted by Gasteiger charge is -2.15. The molecule has 0 bridgehead atoms. The van der Waals surface area contributed by atoms with Crippen LogP contribution < -0.4 is 5.73 Å². The van der Waals surface area contributed by atoms with Crippen molar-refractivity contribution in [2.75, 3.05) is 0 Å². The lowest BCUT2D eigenvalue weighted by atomic mass is 10.00. The molecule has 102 valence electrons. The molecule has 4 heteroatoms. The van der Waals surface area contributed by atoms with Gasteiger partial charge in [0.1, 0.15) is 0 Å². The molecule has 2 N–H and O–H groups in total. The highest BCUT2D eigenvalue weighted by Gasteiger charge is 2.16. The van der Waals surface area contributed by atoms with Crippen molar-refractivity contribution >= 4 is 11.6 Å². The number of benzene rings is 1. The predicted octanol–water partition coefficient (Wildman–Crippen LogP) is 3.42. The summed E-state index contributed by atoms with van der Waals surface area (Å²) in [6, 6.07) is 6.38. The lowest BCUT2D eigenvalue weighted by Crippen LogP contribution is -2.18. The number of rotatable bonds is 4. The molecule has 1 aromatic heterocycles. The van der Waals surface area contributed by atoms with Crippen LogP contribution in [0.2, 0.25) is 5.02 Å². The van der Waals surface area contributed by atoms with Crippen LogP contribution >= 0.6 is 11.6 Å². The molecular weight excluding hydrogens is 258 g/mol. The Bertz CT molecular complexity index is 555. The maximum Gasteiger partial charge on any atom is 0.0834 e. The molecule has 1 heterocycles. The van der Waals surface area contributed by atoms with Crippen LogP contribution in [0.1, 0.15) is 35.3 Å². The van der Waals surface area contributed by atoms with Gasteiger partial charge in [-0.05, 0) is 32.8 Å². The zero-order valence-corrected chi connectivity index (χ0v) is 12.4. The molecule has 0 saturated carbocycles. The molecule has 0 aliphatic rings. The van der Waals surface area contributed by atoms with E-state index in [0.717, 1.165) is 18.7 Å². The van der Waals surface area contributed by atoms with Gasteiger partial charge in [-0.1, -0.05) is 40.9 Å². The van der Waals surface area contributed by atoms with E-state index in [4.69, 9.17) is 17.3 Å². The van der Waals surface area contributed by atoms with Crippen LogP contribution in [0.15, 0.2) is 24.4 Å². The van der Waals surface area contributed by atoms with E-state index in [1.165, 1.54) is 16.7 Å². The Morgan fingerprint density at radius 3 is 2.47 bits per heavy atom. The summed E-state index contributed by atoms with van der Waals surface area (Å²) in [5, 5.41) is 4.89. The van der Waals surface area contributed by atoms with E-state index in [2.05, 4.69) is 37.1 Å². The third kappa shape index (κ3) is 3.17. The fourth-order valence-corrected chi connectivity index (χ4v) is 2.81. The minimum absolute atomic E-state index is 0.129. The molecule has 3 nitrogen and oxygen atoms in total. The van der Waals surface area contributed by atoms with Crippen molar-refractivity contribution in [3.05, 3.63) is 51.8 Å². The number of hydrogen-bond acceptors (Lipinski definition) is 2. The largest absolute Gasteiger partial charge is 0.322 e. The SMILES string of the molecule is CCn1ncc(Cl)c1C(N)Cc1cc(C)cc(C)c1. The van der Waals surface area contributed by atoms with Gasteiger partial charge in [0.2, 0.25) is 0 Å². The maximum atomic E-state index is 6.30. The highest BCUT2D eigenvalue weighted by molar-refractivity contribution is 6.31. The maximum absolute atomic E-state index is 6.30. The Hall–Kier alpha value is -1.32.